The van der Waals surface area contributed by atoms with Gasteiger partial charge in [-0.1, -0.05) is 36.8 Å². The number of carbonyl (C=O) groups excluding carboxylic acids is 2. The van der Waals surface area contributed by atoms with Gasteiger partial charge in [0.15, 0.2) is 6.10 Å². The van der Waals surface area contributed by atoms with E-state index in [4.69, 9.17) is 4.74 Å². The first-order valence-corrected chi connectivity index (χ1v) is 14.2. The van der Waals surface area contributed by atoms with Gasteiger partial charge < -0.3 is 19.1 Å². The molecule has 39 heavy (non-hydrogen) atoms. The lowest BCUT2D eigenvalue weighted by Gasteiger charge is -2.44. The van der Waals surface area contributed by atoms with E-state index < -0.39 is 6.10 Å². The van der Waals surface area contributed by atoms with Gasteiger partial charge >= 0.3 is 0 Å². The number of rotatable bonds is 3. The molecule has 7 nitrogen and oxygen atoms in total. The fraction of sp³-hybridized carbons (Fsp3) is 0.469. The van der Waals surface area contributed by atoms with Crippen LogP contribution >= 0.6 is 0 Å². The second-order valence-corrected chi connectivity index (χ2v) is 11.4. The zero-order chi connectivity index (χ0) is 27.4. The fourth-order valence-corrected chi connectivity index (χ4v) is 6.20. The Morgan fingerprint density at radius 3 is 2.64 bits per heavy atom. The van der Waals surface area contributed by atoms with Gasteiger partial charge in [-0.25, -0.2) is 4.98 Å². The second kappa shape index (κ2) is 11.6. The lowest BCUT2D eigenvalue weighted by atomic mass is 9.73. The maximum absolute atomic E-state index is 13.5. The van der Waals surface area contributed by atoms with Crippen molar-refractivity contribution in [1.82, 2.24) is 19.4 Å². The predicted molar refractivity (Wildman–Crippen MR) is 152 cm³/mol. The molecule has 7 heteroatoms. The third kappa shape index (κ3) is 6.18. The Morgan fingerprint density at radius 1 is 1.08 bits per heavy atom. The molecule has 0 saturated carbocycles. The van der Waals surface area contributed by atoms with Gasteiger partial charge in [0.1, 0.15) is 11.6 Å². The van der Waals surface area contributed by atoms with Crippen LogP contribution in [-0.4, -0.2) is 64.0 Å². The van der Waals surface area contributed by atoms with Gasteiger partial charge in [0.25, 0.3) is 11.8 Å². The number of carbonyl (C=O) groups is 2. The molecule has 2 amide bonds. The Hall–Kier alpha value is -3.61. The summed E-state index contributed by atoms with van der Waals surface area (Å²) in [6.07, 6.45) is 9.21. The van der Waals surface area contributed by atoms with Gasteiger partial charge in [0.05, 0.1) is 0 Å². The van der Waals surface area contributed by atoms with E-state index in [0.717, 1.165) is 61.2 Å². The Labute approximate surface area is 231 Å². The molecule has 0 bridgehead atoms. The first kappa shape index (κ1) is 27.0. The van der Waals surface area contributed by atoms with E-state index in [0.29, 0.717) is 26.2 Å². The Kier molecular flexibility index (Phi) is 8.05. The van der Waals surface area contributed by atoms with Crippen LogP contribution < -0.4 is 4.74 Å². The highest BCUT2D eigenvalue weighted by Gasteiger charge is 2.38. The summed E-state index contributed by atoms with van der Waals surface area (Å²) >= 11 is 0. The van der Waals surface area contributed by atoms with Crippen molar-refractivity contribution in [2.75, 3.05) is 26.7 Å². The molecule has 0 unspecified atom stereocenters. The van der Waals surface area contributed by atoms with Gasteiger partial charge in [-0.15, -0.1) is 0 Å². The molecule has 2 aromatic carbocycles. The third-order valence-electron chi connectivity index (χ3n) is 8.54. The molecule has 3 heterocycles. The molecule has 0 N–H and O–H groups in total. The average Bonchev–Trinajstić information content (AvgIpc) is 3.35. The van der Waals surface area contributed by atoms with Crippen LogP contribution in [0.25, 0.3) is 0 Å². The van der Waals surface area contributed by atoms with Crippen molar-refractivity contribution in [3.05, 3.63) is 83.4 Å². The van der Waals surface area contributed by atoms with Crippen LogP contribution in [0.5, 0.6) is 5.75 Å². The van der Waals surface area contributed by atoms with Crippen LogP contribution in [0.2, 0.25) is 0 Å². The van der Waals surface area contributed by atoms with Crippen molar-refractivity contribution < 1.29 is 14.3 Å². The molecule has 5 rings (SSSR count). The van der Waals surface area contributed by atoms with Gasteiger partial charge in [0, 0.05) is 51.2 Å². The molecule has 2 aliphatic heterocycles. The topological polar surface area (TPSA) is 67.7 Å². The normalized spacial score (nSPS) is 20.1. The van der Waals surface area contributed by atoms with Crippen LogP contribution in [0.3, 0.4) is 0 Å². The maximum atomic E-state index is 13.5. The van der Waals surface area contributed by atoms with Crippen LogP contribution in [-0.2, 0) is 17.8 Å². The quantitative estimate of drug-likeness (QED) is 0.474. The molecule has 1 atom stereocenters. The Balaban J connectivity index is 1.26. The van der Waals surface area contributed by atoms with Gasteiger partial charge in [0.2, 0.25) is 0 Å². The zero-order valence-corrected chi connectivity index (χ0v) is 23.4. The summed E-state index contributed by atoms with van der Waals surface area (Å²) in [5.41, 5.74) is 3.00. The summed E-state index contributed by atoms with van der Waals surface area (Å²) in [5, 5.41) is 0. The largest absolute Gasteiger partial charge is 0.481 e. The Bertz CT molecular complexity index is 1310. The lowest BCUT2D eigenvalue weighted by molar-refractivity contribution is -0.138. The number of para-hydroxylation sites is 1. The number of piperidine rings is 1. The molecule has 0 aliphatic carbocycles. The SMILES string of the molecule is Cc1nccn1Cc1cccc(C(=O)N2CCC3(CCCCc4ccccc4O[C@H](C)C(=O)N(C)C3)CC2)c1. The standard InChI is InChI=1S/C32H40N4O3/c1-24-30(37)34(3)23-32(14-7-6-11-27-10-4-5-13-29(27)39-24)15-18-35(19-16-32)31(38)28-12-8-9-26(21-28)22-36-20-17-33-25(36)2/h4-5,8-10,12-13,17,20-21,24H,6-7,11,14-16,18-19,22-23H2,1-3H3/t24-/m1/s1. The van der Waals surface area contributed by atoms with E-state index in [1.165, 1.54) is 5.56 Å². The predicted octanol–water partition coefficient (Wildman–Crippen LogP) is 5.11. The average molecular weight is 529 g/mol. The number of likely N-dealkylation sites (N-methyl/N-ethyl adjacent to an activating group) is 1. The number of hydrogen-bond acceptors (Lipinski definition) is 4. The van der Waals surface area contributed by atoms with Gasteiger partial charge in [-0.3, -0.25) is 9.59 Å². The minimum Gasteiger partial charge on any atom is -0.481 e. The lowest BCUT2D eigenvalue weighted by Crippen LogP contribution is -2.50. The van der Waals surface area contributed by atoms with Crippen molar-refractivity contribution in [3.63, 3.8) is 0 Å². The number of fused-ring (bicyclic) bond motifs is 1. The van der Waals surface area contributed by atoms with Crippen LogP contribution in [0.4, 0.5) is 0 Å². The van der Waals surface area contributed by atoms with Crippen molar-refractivity contribution in [1.29, 1.82) is 0 Å². The van der Waals surface area contributed by atoms with E-state index in [1.807, 2.05) is 73.3 Å². The fourth-order valence-electron chi connectivity index (χ4n) is 6.20. The Morgan fingerprint density at radius 2 is 1.87 bits per heavy atom. The summed E-state index contributed by atoms with van der Waals surface area (Å²) < 4.78 is 8.21. The van der Waals surface area contributed by atoms with Crippen molar-refractivity contribution in [2.24, 2.45) is 5.41 Å². The maximum Gasteiger partial charge on any atom is 0.263 e. The second-order valence-electron chi connectivity index (χ2n) is 11.4. The van der Waals surface area contributed by atoms with E-state index in [-0.39, 0.29) is 17.2 Å². The third-order valence-corrected chi connectivity index (χ3v) is 8.54. The van der Waals surface area contributed by atoms with E-state index in [9.17, 15) is 9.59 Å². The minimum atomic E-state index is -0.535. The number of likely N-dealkylation sites (tertiary alicyclic amines) is 1. The number of imidazole rings is 1. The van der Waals surface area contributed by atoms with Crippen molar-refractivity contribution in [3.8, 4) is 5.75 Å². The van der Waals surface area contributed by atoms with Crippen molar-refractivity contribution >= 4 is 11.8 Å². The first-order valence-electron chi connectivity index (χ1n) is 14.2. The molecular formula is C32H40N4O3. The highest BCUT2D eigenvalue weighted by atomic mass is 16.5. The van der Waals surface area contributed by atoms with E-state index >= 15 is 0 Å². The first-order chi connectivity index (χ1) is 18.8. The molecule has 3 aromatic rings. The molecule has 1 aromatic heterocycles. The number of amides is 2. The molecule has 1 fully saturated rings. The van der Waals surface area contributed by atoms with Crippen LogP contribution in [0.15, 0.2) is 60.9 Å². The summed E-state index contributed by atoms with van der Waals surface area (Å²) in [4.78, 5) is 34.9. The number of nitrogens with zero attached hydrogens (tertiary/aromatic N) is 4. The van der Waals surface area contributed by atoms with Crippen molar-refractivity contribution in [2.45, 2.75) is 65.0 Å². The smallest absolute Gasteiger partial charge is 0.263 e. The van der Waals surface area contributed by atoms with Gasteiger partial charge in [-0.05, 0) is 80.7 Å². The number of hydrogen-bond donors (Lipinski definition) is 0. The molecule has 206 valence electrons. The summed E-state index contributed by atoms with van der Waals surface area (Å²) in [6.45, 7) is 6.64. The molecule has 2 aliphatic rings. The van der Waals surface area contributed by atoms with Crippen LogP contribution in [0, 0.1) is 12.3 Å². The zero-order valence-electron chi connectivity index (χ0n) is 23.4. The van der Waals surface area contributed by atoms with Crippen LogP contribution in [0.1, 0.15) is 66.3 Å². The highest BCUT2D eigenvalue weighted by Crippen LogP contribution is 2.39. The number of ether oxygens (including phenoxy) is 1. The molecule has 1 spiro atoms. The number of aryl methyl sites for hydroxylation is 2. The monoisotopic (exact) mass is 528 g/mol. The highest BCUT2D eigenvalue weighted by molar-refractivity contribution is 5.94. The minimum absolute atomic E-state index is 0.00759. The molecular weight excluding hydrogens is 488 g/mol. The molecule has 0 radical (unpaired) electrons. The van der Waals surface area contributed by atoms with E-state index in [1.54, 1.807) is 6.20 Å². The summed E-state index contributed by atoms with van der Waals surface area (Å²) in [5.74, 6) is 1.87. The number of benzene rings is 2. The summed E-state index contributed by atoms with van der Waals surface area (Å²) in [7, 11) is 1.90. The van der Waals surface area contributed by atoms with E-state index in [2.05, 4.69) is 21.7 Å². The number of aromatic nitrogens is 2. The molecule has 1 saturated heterocycles. The van der Waals surface area contributed by atoms with Gasteiger partial charge in [-0.2, -0.15) is 0 Å². The summed E-state index contributed by atoms with van der Waals surface area (Å²) in [6, 6.07) is 16.0.